The van der Waals surface area contributed by atoms with Crippen molar-refractivity contribution in [3.8, 4) is 5.75 Å². The van der Waals surface area contributed by atoms with Crippen LogP contribution < -0.4 is 15.5 Å². The number of nitrogens with zero attached hydrogens (tertiary/aromatic N) is 3. The van der Waals surface area contributed by atoms with Crippen LogP contribution in [0, 0.1) is 5.92 Å². The standard InChI is InChI=1S/C32H43N5O5S2/c1-24(2)22-28(34-32(39)30-23-25-8-4-5-9-29(25)43-30)31(38)33-14-17-35-18-20-37(21-19-35)44(40,41)27-12-10-26(11-13-27)42-36-15-6-3-7-16-36/h4-5,8-13,23-24,28H,3,6-7,14-22H2,1-2H3,(H,33,38)(H,34,39)/t28-/m0/s1. The molecular weight excluding hydrogens is 599 g/mol. The predicted octanol–water partition coefficient (Wildman–Crippen LogP) is 3.95. The maximum absolute atomic E-state index is 13.3. The highest BCUT2D eigenvalue weighted by molar-refractivity contribution is 7.89. The van der Waals surface area contributed by atoms with E-state index in [-0.39, 0.29) is 22.6 Å². The van der Waals surface area contributed by atoms with Gasteiger partial charge in [-0.2, -0.15) is 4.31 Å². The first-order chi connectivity index (χ1) is 21.2. The third-order valence-corrected chi connectivity index (χ3v) is 11.1. The molecule has 44 heavy (non-hydrogen) atoms. The molecule has 2 N–H and O–H groups in total. The Balaban J connectivity index is 1.07. The van der Waals surface area contributed by atoms with E-state index in [1.807, 2.05) is 49.2 Å². The van der Waals surface area contributed by atoms with Crippen LogP contribution in [0.2, 0.25) is 0 Å². The largest absolute Gasteiger partial charge is 0.406 e. The number of rotatable bonds is 12. The maximum atomic E-state index is 13.3. The number of hydrogen-bond donors (Lipinski definition) is 2. The number of carbonyl (C=O) groups is 2. The van der Waals surface area contributed by atoms with Gasteiger partial charge >= 0.3 is 0 Å². The van der Waals surface area contributed by atoms with Gasteiger partial charge in [0.25, 0.3) is 5.91 Å². The number of benzene rings is 2. The summed E-state index contributed by atoms with van der Waals surface area (Å²) in [7, 11) is -3.61. The van der Waals surface area contributed by atoms with Crippen LogP contribution in [0.1, 0.15) is 49.2 Å². The van der Waals surface area contributed by atoms with E-state index >= 15 is 0 Å². The first kappa shape index (κ1) is 32.4. The summed E-state index contributed by atoms with van der Waals surface area (Å²) in [5, 5.41) is 8.86. The Morgan fingerprint density at radius 2 is 1.64 bits per heavy atom. The number of sulfonamides is 1. The molecule has 2 aromatic carbocycles. The van der Waals surface area contributed by atoms with Crippen LogP contribution in [0.15, 0.2) is 59.5 Å². The van der Waals surface area contributed by atoms with Gasteiger partial charge in [0.1, 0.15) is 11.8 Å². The molecular formula is C32H43N5O5S2. The van der Waals surface area contributed by atoms with Gasteiger partial charge in [-0.1, -0.05) is 38.5 Å². The van der Waals surface area contributed by atoms with Crippen LogP contribution in [0.3, 0.4) is 0 Å². The molecule has 0 radical (unpaired) electrons. The number of hydroxylamine groups is 2. The fourth-order valence-electron chi connectivity index (χ4n) is 5.61. The number of fused-ring (bicyclic) bond motifs is 1. The molecule has 5 rings (SSSR count). The van der Waals surface area contributed by atoms with E-state index in [0.29, 0.717) is 56.3 Å². The van der Waals surface area contributed by atoms with Crippen LogP contribution in [-0.2, 0) is 14.8 Å². The molecule has 10 nitrogen and oxygen atoms in total. The summed E-state index contributed by atoms with van der Waals surface area (Å²) >= 11 is 1.42. The Hall–Kier alpha value is -3.03. The smallest absolute Gasteiger partial charge is 0.262 e. The zero-order valence-corrected chi connectivity index (χ0v) is 27.2. The van der Waals surface area contributed by atoms with E-state index < -0.39 is 16.1 Å². The van der Waals surface area contributed by atoms with Gasteiger partial charge in [0, 0.05) is 57.1 Å². The normalized spacial score (nSPS) is 17.9. The summed E-state index contributed by atoms with van der Waals surface area (Å²) < 4.78 is 29.1. The second-order valence-corrected chi connectivity index (χ2v) is 14.9. The van der Waals surface area contributed by atoms with Crippen molar-refractivity contribution in [2.75, 3.05) is 52.4 Å². The topological polar surface area (TPSA) is 111 Å². The molecule has 3 heterocycles. The molecule has 0 bridgehead atoms. The van der Waals surface area contributed by atoms with Gasteiger partial charge in [-0.15, -0.1) is 16.4 Å². The van der Waals surface area contributed by atoms with Crippen molar-refractivity contribution in [3.05, 3.63) is 59.5 Å². The Labute approximate surface area is 264 Å². The minimum absolute atomic E-state index is 0.206. The van der Waals surface area contributed by atoms with Crippen LogP contribution in [0.25, 0.3) is 10.1 Å². The second-order valence-electron chi connectivity index (χ2n) is 11.9. The number of amides is 2. The van der Waals surface area contributed by atoms with Gasteiger partial charge in [-0.3, -0.25) is 14.5 Å². The summed E-state index contributed by atoms with van der Waals surface area (Å²) in [5.74, 6) is 0.422. The molecule has 2 aliphatic heterocycles. The zero-order chi connectivity index (χ0) is 31.1. The highest BCUT2D eigenvalue weighted by Gasteiger charge is 2.29. The summed E-state index contributed by atoms with van der Waals surface area (Å²) in [6.07, 6.45) is 3.96. The number of piperidine rings is 1. The number of nitrogens with one attached hydrogen (secondary N) is 2. The Bertz CT molecular complexity index is 1480. The molecule has 3 aromatic rings. The molecule has 2 saturated heterocycles. The van der Waals surface area contributed by atoms with Gasteiger partial charge in [0.2, 0.25) is 15.9 Å². The van der Waals surface area contributed by atoms with Crippen LogP contribution >= 0.6 is 11.3 Å². The molecule has 12 heteroatoms. The van der Waals surface area contributed by atoms with Gasteiger partial charge in [-0.25, -0.2) is 8.42 Å². The lowest BCUT2D eigenvalue weighted by Gasteiger charge is -2.34. The van der Waals surface area contributed by atoms with Crippen molar-refractivity contribution in [1.29, 1.82) is 0 Å². The lowest BCUT2D eigenvalue weighted by atomic mass is 10.0. The zero-order valence-electron chi connectivity index (χ0n) is 25.5. The third kappa shape index (κ3) is 8.36. The SMILES string of the molecule is CC(C)C[C@H](NC(=O)c1cc2ccccc2s1)C(=O)NCCN1CCN(S(=O)(=O)c2ccc(ON3CCCCC3)cc2)CC1. The summed E-state index contributed by atoms with van der Waals surface area (Å²) in [6, 6.07) is 15.7. The van der Waals surface area contributed by atoms with Gasteiger partial charge in [0.15, 0.2) is 0 Å². The van der Waals surface area contributed by atoms with Crippen molar-refractivity contribution < 1.29 is 22.8 Å². The molecule has 2 aliphatic rings. The first-order valence-corrected chi connectivity index (χ1v) is 17.8. The molecule has 0 saturated carbocycles. The highest BCUT2D eigenvalue weighted by atomic mass is 32.2. The molecule has 238 valence electrons. The van der Waals surface area contributed by atoms with Crippen molar-refractivity contribution in [1.82, 2.24) is 24.9 Å². The fraction of sp³-hybridized carbons (Fsp3) is 0.500. The monoisotopic (exact) mass is 641 g/mol. The van der Waals surface area contributed by atoms with Crippen molar-refractivity contribution >= 4 is 43.3 Å². The van der Waals surface area contributed by atoms with Crippen LogP contribution in [0.5, 0.6) is 5.75 Å². The Morgan fingerprint density at radius 3 is 2.32 bits per heavy atom. The number of hydrogen-bond acceptors (Lipinski definition) is 8. The average molecular weight is 642 g/mol. The Morgan fingerprint density at radius 1 is 0.932 bits per heavy atom. The minimum atomic E-state index is -3.61. The molecule has 0 aliphatic carbocycles. The molecule has 0 spiro atoms. The summed E-state index contributed by atoms with van der Waals surface area (Å²) in [5.41, 5.74) is 0. The van der Waals surface area contributed by atoms with Crippen LogP contribution in [0.4, 0.5) is 0 Å². The number of piperazine rings is 1. The van der Waals surface area contributed by atoms with Gasteiger partial charge < -0.3 is 15.5 Å². The van der Waals surface area contributed by atoms with E-state index in [2.05, 4.69) is 15.5 Å². The highest BCUT2D eigenvalue weighted by Crippen LogP contribution is 2.26. The predicted molar refractivity (Wildman–Crippen MR) is 173 cm³/mol. The van der Waals surface area contributed by atoms with Gasteiger partial charge in [0.05, 0.1) is 9.77 Å². The lowest BCUT2D eigenvalue weighted by Crippen LogP contribution is -2.52. The average Bonchev–Trinajstić information content (AvgIpc) is 3.46. The summed E-state index contributed by atoms with van der Waals surface area (Å²) in [6.45, 7) is 8.74. The van der Waals surface area contributed by atoms with E-state index in [4.69, 9.17) is 4.84 Å². The second kappa shape index (κ2) is 14.8. The fourth-order valence-corrected chi connectivity index (χ4v) is 7.99. The lowest BCUT2D eigenvalue weighted by molar-refractivity contribution is -0.123. The third-order valence-electron chi connectivity index (χ3n) is 8.05. The molecule has 1 aromatic heterocycles. The summed E-state index contributed by atoms with van der Waals surface area (Å²) in [4.78, 5) is 35.0. The molecule has 2 fully saturated rings. The van der Waals surface area contributed by atoms with E-state index in [1.165, 1.54) is 22.1 Å². The minimum Gasteiger partial charge on any atom is -0.406 e. The van der Waals surface area contributed by atoms with Crippen molar-refractivity contribution in [2.45, 2.75) is 50.5 Å². The first-order valence-electron chi connectivity index (χ1n) is 15.5. The number of thiophene rings is 1. The molecule has 2 amide bonds. The Kier molecular flexibility index (Phi) is 10.9. The molecule has 0 unspecified atom stereocenters. The van der Waals surface area contributed by atoms with Crippen molar-refractivity contribution in [3.63, 3.8) is 0 Å². The van der Waals surface area contributed by atoms with E-state index in [0.717, 1.165) is 36.0 Å². The van der Waals surface area contributed by atoms with Gasteiger partial charge in [-0.05, 0) is 67.0 Å². The van der Waals surface area contributed by atoms with E-state index in [1.54, 1.807) is 24.3 Å². The van der Waals surface area contributed by atoms with Crippen molar-refractivity contribution in [2.24, 2.45) is 5.92 Å². The van der Waals surface area contributed by atoms with E-state index in [9.17, 15) is 18.0 Å². The quantitative estimate of drug-likeness (QED) is 0.308. The molecule has 1 atom stereocenters. The van der Waals surface area contributed by atoms with Crippen LogP contribution in [-0.4, -0.2) is 92.9 Å². The number of carbonyl (C=O) groups excluding carboxylic acids is 2. The maximum Gasteiger partial charge on any atom is 0.262 e.